The molecule has 0 fully saturated rings. The van der Waals surface area contributed by atoms with Crippen LogP contribution in [0.1, 0.15) is 5.56 Å². The van der Waals surface area contributed by atoms with Crippen LogP contribution in [0, 0.1) is 6.92 Å². The zero-order valence-corrected chi connectivity index (χ0v) is 11.3. The molecule has 0 radical (unpaired) electrons. The Morgan fingerprint density at radius 3 is 2.90 bits per heavy atom. The van der Waals surface area contributed by atoms with E-state index in [4.69, 9.17) is 4.74 Å². The van der Waals surface area contributed by atoms with Crippen molar-refractivity contribution in [2.45, 2.75) is 13.5 Å². The van der Waals surface area contributed by atoms with Gasteiger partial charge in [-0.15, -0.1) is 0 Å². The van der Waals surface area contributed by atoms with Crippen molar-refractivity contribution >= 4 is 0 Å². The molecule has 0 aliphatic carbocycles. The van der Waals surface area contributed by atoms with E-state index in [9.17, 15) is 0 Å². The normalized spacial score (nSPS) is 10.7. The zero-order chi connectivity index (χ0) is 13.8. The quantitative estimate of drug-likeness (QED) is 0.714. The lowest BCUT2D eigenvalue weighted by Crippen LogP contribution is -2.08. The number of imidazole rings is 1. The molecule has 0 amide bonds. The van der Waals surface area contributed by atoms with Crippen LogP contribution in [0.15, 0.2) is 55.4 Å². The SMILES string of the molecule is Cc1cnn(-c2ccccc2OCCn2ccnc2)c1. The van der Waals surface area contributed by atoms with Crippen LogP contribution in [0.25, 0.3) is 5.69 Å². The smallest absolute Gasteiger partial charge is 0.145 e. The molecular formula is C15H16N4O. The highest BCUT2D eigenvalue weighted by molar-refractivity contribution is 5.46. The Bertz CT molecular complexity index is 673. The molecule has 0 saturated carbocycles. The topological polar surface area (TPSA) is 44.9 Å². The molecule has 2 aromatic heterocycles. The van der Waals surface area contributed by atoms with Crippen LogP contribution in [-0.2, 0) is 6.54 Å². The van der Waals surface area contributed by atoms with Gasteiger partial charge < -0.3 is 9.30 Å². The highest BCUT2D eigenvalue weighted by Gasteiger charge is 2.06. The molecule has 1 aromatic carbocycles. The first-order chi connectivity index (χ1) is 9.83. The van der Waals surface area contributed by atoms with E-state index in [0.717, 1.165) is 23.5 Å². The van der Waals surface area contributed by atoms with E-state index in [-0.39, 0.29) is 0 Å². The molecule has 0 aliphatic heterocycles. The Morgan fingerprint density at radius 2 is 2.15 bits per heavy atom. The van der Waals surface area contributed by atoms with Crippen molar-refractivity contribution in [3.63, 3.8) is 0 Å². The summed E-state index contributed by atoms with van der Waals surface area (Å²) in [5.41, 5.74) is 2.07. The van der Waals surface area contributed by atoms with Gasteiger partial charge in [-0.1, -0.05) is 12.1 Å². The summed E-state index contributed by atoms with van der Waals surface area (Å²) in [6.45, 7) is 3.38. The van der Waals surface area contributed by atoms with Crippen LogP contribution >= 0.6 is 0 Å². The monoisotopic (exact) mass is 268 g/mol. The maximum absolute atomic E-state index is 5.86. The van der Waals surface area contributed by atoms with Gasteiger partial charge in [0.25, 0.3) is 0 Å². The van der Waals surface area contributed by atoms with Crippen molar-refractivity contribution in [3.05, 3.63) is 60.9 Å². The number of rotatable bonds is 5. The van der Waals surface area contributed by atoms with E-state index in [1.54, 1.807) is 12.5 Å². The van der Waals surface area contributed by atoms with Gasteiger partial charge in [0.15, 0.2) is 0 Å². The number of para-hydroxylation sites is 2. The van der Waals surface area contributed by atoms with Crippen molar-refractivity contribution in [1.82, 2.24) is 19.3 Å². The minimum atomic E-state index is 0.591. The van der Waals surface area contributed by atoms with E-state index < -0.39 is 0 Å². The molecule has 5 nitrogen and oxygen atoms in total. The van der Waals surface area contributed by atoms with Crippen molar-refractivity contribution < 1.29 is 4.74 Å². The van der Waals surface area contributed by atoms with Gasteiger partial charge in [0, 0.05) is 18.6 Å². The molecule has 102 valence electrons. The van der Waals surface area contributed by atoms with Crippen molar-refractivity contribution in [1.29, 1.82) is 0 Å². The average molecular weight is 268 g/mol. The Morgan fingerprint density at radius 1 is 1.25 bits per heavy atom. The summed E-state index contributed by atoms with van der Waals surface area (Å²) in [4.78, 5) is 4.01. The molecule has 0 N–H and O–H groups in total. The number of aryl methyl sites for hydroxylation is 1. The first kappa shape index (κ1) is 12.5. The summed E-state index contributed by atoms with van der Waals surface area (Å²) in [6.07, 6.45) is 9.29. The van der Waals surface area contributed by atoms with Gasteiger partial charge in [-0.25, -0.2) is 9.67 Å². The molecule has 0 saturated heterocycles. The van der Waals surface area contributed by atoms with Gasteiger partial charge in [0.1, 0.15) is 18.0 Å². The second kappa shape index (κ2) is 5.61. The molecule has 2 heterocycles. The summed E-state index contributed by atoms with van der Waals surface area (Å²) in [6, 6.07) is 7.90. The number of nitrogens with zero attached hydrogens (tertiary/aromatic N) is 4. The third-order valence-electron chi connectivity index (χ3n) is 2.99. The van der Waals surface area contributed by atoms with Crippen LogP contribution < -0.4 is 4.74 Å². The summed E-state index contributed by atoms with van der Waals surface area (Å²) >= 11 is 0. The number of benzene rings is 1. The number of hydrogen-bond donors (Lipinski definition) is 0. The molecule has 0 spiro atoms. The second-order valence-corrected chi connectivity index (χ2v) is 4.58. The predicted molar refractivity (Wildman–Crippen MR) is 76.0 cm³/mol. The molecule has 0 aliphatic rings. The molecule has 0 bridgehead atoms. The first-order valence-electron chi connectivity index (χ1n) is 6.52. The van der Waals surface area contributed by atoms with Gasteiger partial charge in [-0.05, 0) is 24.6 Å². The van der Waals surface area contributed by atoms with Crippen LogP contribution in [-0.4, -0.2) is 25.9 Å². The molecule has 3 rings (SSSR count). The summed E-state index contributed by atoms with van der Waals surface area (Å²) in [5, 5.41) is 4.33. The summed E-state index contributed by atoms with van der Waals surface area (Å²) in [5.74, 6) is 0.829. The largest absolute Gasteiger partial charge is 0.489 e. The maximum Gasteiger partial charge on any atom is 0.145 e. The Balaban J connectivity index is 1.73. The summed E-state index contributed by atoms with van der Waals surface area (Å²) < 4.78 is 9.69. The Hall–Kier alpha value is -2.56. The highest BCUT2D eigenvalue weighted by atomic mass is 16.5. The van der Waals surface area contributed by atoms with Crippen LogP contribution in [0.2, 0.25) is 0 Å². The van der Waals surface area contributed by atoms with Crippen molar-refractivity contribution in [3.8, 4) is 11.4 Å². The zero-order valence-electron chi connectivity index (χ0n) is 11.3. The number of ether oxygens (including phenoxy) is 1. The standard InChI is InChI=1S/C15H16N4O/c1-13-10-17-19(11-13)14-4-2-3-5-15(14)20-9-8-18-7-6-16-12-18/h2-7,10-12H,8-9H2,1H3. The van der Waals surface area contributed by atoms with E-state index in [0.29, 0.717) is 6.61 Å². The number of aromatic nitrogens is 4. The molecule has 20 heavy (non-hydrogen) atoms. The number of hydrogen-bond acceptors (Lipinski definition) is 3. The molecule has 3 aromatic rings. The highest BCUT2D eigenvalue weighted by Crippen LogP contribution is 2.22. The van der Waals surface area contributed by atoms with E-state index in [1.807, 2.05) is 59.0 Å². The average Bonchev–Trinajstić information content (AvgIpc) is 3.11. The van der Waals surface area contributed by atoms with Gasteiger partial charge in [-0.3, -0.25) is 0 Å². The molecule has 0 atom stereocenters. The van der Waals surface area contributed by atoms with Gasteiger partial charge in [-0.2, -0.15) is 5.10 Å². The summed E-state index contributed by atoms with van der Waals surface area (Å²) in [7, 11) is 0. The first-order valence-corrected chi connectivity index (χ1v) is 6.52. The lowest BCUT2D eigenvalue weighted by Gasteiger charge is -2.11. The van der Waals surface area contributed by atoms with Gasteiger partial charge >= 0.3 is 0 Å². The molecular weight excluding hydrogens is 252 g/mol. The van der Waals surface area contributed by atoms with E-state index >= 15 is 0 Å². The third kappa shape index (κ3) is 2.71. The van der Waals surface area contributed by atoms with E-state index in [2.05, 4.69) is 10.1 Å². The van der Waals surface area contributed by atoms with Crippen LogP contribution in [0.5, 0.6) is 5.75 Å². The van der Waals surface area contributed by atoms with Crippen LogP contribution in [0.4, 0.5) is 0 Å². The predicted octanol–water partition coefficient (Wildman–Crippen LogP) is 2.46. The lowest BCUT2D eigenvalue weighted by molar-refractivity contribution is 0.297. The minimum Gasteiger partial charge on any atom is -0.489 e. The lowest BCUT2D eigenvalue weighted by atomic mass is 10.3. The van der Waals surface area contributed by atoms with Crippen molar-refractivity contribution in [2.75, 3.05) is 6.61 Å². The fourth-order valence-corrected chi connectivity index (χ4v) is 1.99. The maximum atomic E-state index is 5.86. The fourth-order valence-electron chi connectivity index (χ4n) is 1.99. The van der Waals surface area contributed by atoms with Gasteiger partial charge in [0.05, 0.1) is 19.1 Å². The Kier molecular flexibility index (Phi) is 3.50. The van der Waals surface area contributed by atoms with Gasteiger partial charge in [0.2, 0.25) is 0 Å². The fraction of sp³-hybridized carbons (Fsp3) is 0.200. The van der Waals surface area contributed by atoms with E-state index in [1.165, 1.54) is 0 Å². The second-order valence-electron chi connectivity index (χ2n) is 4.58. The molecule has 5 heteroatoms. The third-order valence-corrected chi connectivity index (χ3v) is 2.99. The molecule has 0 unspecified atom stereocenters. The van der Waals surface area contributed by atoms with Crippen molar-refractivity contribution in [2.24, 2.45) is 0 Å². The Labute approximate surface area is 117 Å². The minimum absolute atomic E-state index is 0.591. The van der Waals surface area contributed by atoms with Crippen LogP contribution in [0.3, 0.4) is 0 Å².